The van der Waals surface area contributed by atoms with E-state index in [1.807, 2.05) is 18.2 Å². The van der Waals surface area contributed by atoms with Gasteiger partial charge in [-0.15, -0.1) is 11.3 Å². The topological polar surface area (TPSA) is 46.5 Å². The first-order valence-electron chi connectivity index (χ1n) is 6.10. The number of carboxylic acids is 1. The van der Waals surface area contributed by atoms with Gasteiger partial charge in [-0.2, -0.15) is 0 Å². The monoisotopic (exact) mass is 276 g/mol. The number of aromatic carboxylic acids is 1. The average Bonchev–Trinajstić information content (AvgIpc) is 2.85. The minimum absolute atomic E-state index is 0.284. The minimum Gasteiger partial charge on any atom is -0.489 e. The van der Waals surface area contributed by atoms with Gasteiger partial charge in [0, 0.05) is 5.56 Å². The lowest BCUT2D eigenvalue weighted by atomic mass is 10.0. The second-order valence-electron chi connectivity index (χ2n) is 4.60. The Hall–Kier alpha value is -1.81. The van der Waals surface area contributed by atoms with Crippen molar-refractivity contribution in [2.45, 2.75) is 26.4 Å². The first-order valence-corrected chi connectivity index (χ1v) is 6.98. The molecule has 0 radical (unpaired) electrons. The molecule has 0 saturated heterocycles. The minimum atomic E-state index is -0.899. The Balaban J connectivity index is 2.08. The van der Waals surface area contributed by atoms with Crippen molar-refractivity contribution in [1.82, 2.24) is 0 Å². The Bertz CT molecular complexity index is 572. The summed E-state index contributed by atoms with van der Waals surface area (Å²) in [6, 6.07) is 9.69. The van der Waals surface area contributed by atoms with Crippen LogP contribution in [0.25, 0.3) is 0 Å². The summed E-state index contributed by atoms with van der Waals surface area (Å²) in [6.07, 6.45) is 0. The molecule has 1 aromatic heterocycles. The number of hydrogen-bond acceptors (Lipinski definition) is 3. The molecule has 2 aromatic rings. The first kappa shape index (κ1) is 13.6. The van der Waals surface area contributed by atoms with Crippen LogP contribution in [0.4, 0.5) is 0 Å². The lowest BCUT2D eigenvalue weighted by Gasteiger charge is -2.09. The normalized spacial score (nSPS) is 10.7. The maximum atomic E-state index is 11.0. The SMILES string of the molecule is CC(C)c1cccc(OCc2ccsc2C(=O)O)c1. The number of thiophene rings is 1. The summed E-state index contributed by atoms with van der Waals surface area (Å²) in [5.74, 6) is 0.317. The fourth-order valence-electron chi connectivity index (χ4n) is 1.76. The van der Waals surface area contributed by atoms with Gasteiger partial charge in [0.15, 0.2) is 0 Å². The highest BCUT2D eigenvalue weighted by Crippen LogP contribution is 2.23. The van der Waals surface area contributed by atoms with E-state index < -0.39 is 5.97 Å². The molecule has 3 nitrogen and oxygen atoms in total. The van der Waals surface area contributed by atoms with Crippen molar-refractivity contribution in [2.24, 2.45) is 0 Å². The maximum absolute atomic E-state index is 11.0. The zero-order valence-electron chi connectivity index (χ0n) is 10.9. The molecule has 100 valence electrons. The predicted octanol–water partition coefficient (Wildman–Crippen LogP) is 4.15. The van der Waals surface area contributed by atoms with Crippen LogP contribution in [0.1, 0.15) is 40.6 Å². The highest BCUT2D eigenvalue weighted by molar-refractivity contribution is 7.12. The molecule has 0 atom stereocenters. The van der Waals surface area contributed by atoms with E-state index in [4.69, 9.17) is 9.84 Å². The van der Waals surface area contributed by atoms with Crippen LogP contribution in [-0.4, -0.2) is 11.1 Å². The quantitative estimate of drug-likeness (QED) is 0.892. The second kappa shape index (κ2) is 5.89. The fourth-order valence-corrected chi connectivity index (χ4v) is 2.51. The lowest BCUT2D eigenvalue weighted by molar-refractivity contribution is 0.0699. The Labute approximate surface area is 116 Å². The molecule has 1 aromatic carbocycles. The predicted molar refractivity (Wildman–Crippen MR) is 76.1 cm³/mol. The van der Waals surface area contributed by atoms with E-state index in [0.717, 1.165) is 5.75 Å². The third-order valence-corrected chi connectivity index (χ3v) is 3.80. The molecule has 0 aliphatic rings. The molecule has 2 rings (SSSR count). The molecule has 4 heteroatoms. The molecule has 1 N–H and O–H groups in total. The van der Waals surface area contributed by atoms with Crippen LogP contribution in [0, 0.1) is 0 Å². The van der Waals surface area contributed by atoms with Gasteiger partial charge < -0.3 is 9.84 Å². The number of carboxylic acid groups (broad SMARTS) is 1. The van der Waals surface area contributed by atoms with Crippen molar-refractivity contribution in [1.29, 1.82) is 0 Å². The Kier molecular flexibility index (Phi) is 4.22. The van der Waals surface area contributed by atoms with Gasteiger partial charge in [0.05, 0.1) is 0 Å². The zero-order valence-corrected chi connectivity index (χ0v) is 11.7. The molecule has 0 aliphatic heterocycles. The molecule has 0 amide bonds. The van der Waals surface area contributed by atoms with Crippen LogP contribution >= 0.6 is 11.3 Å². The maximum Gasteiger partial charge on any atom is 0.346 e. The van der Waals surface area contributed by atoms with E-state index in [-0.39, 0.29) is 6.61 Å². The van der Waals surface area contributed by atoms with Crippen molar-refractivity contribution in [3.05, 3.63) is 51.7 Å². The van der Waals surface area contributed by atoms with E-state index in [2.05, 4.69) is 19.9 Å². The van der Waals surface area contributed by atoms with Crippen LogP contribution in [0.3, 0.4) is 0 Å². The zero-order chi connectivity index (χ0) is 13.8. The Morgan fingerprint density at radius 2 is 2.16 bits per heavy atom. The molecule has 1 heterocycles. The van der Waals surface area contributed by atoms with Crippen molar-refractivity contribution in [3.8, 4) is 5.75 Å². The highest BCUT2D eigenvalue weighted by atomic mass is 32.1. The summed E-state index contributed by atoms with van der Waals surface area (Å²) in [6.45, 7) is 4.54. The highest BCUT2D eigenvalue weighted by Gasteiger charge is 2.12. The van der Waals surface area contributed by atoms with E-state index in [0.29, 0.717) is 16.4 Å². The molecule has 0 spiro atoms. The second-order valence-corrected chi connectivity index (χ2v) is 5.51. The third-order valence-electron chi connectivity index (χ3n) is 2.86. The summed E-state index contributed by atoms with van der Waals surface area (Å²) < 4.78 is 5.68. The molecule has 0 fully saturated rings. The summed E-state index contributed by atoms with van der Waals surface area (Å²) in [7, 11) is 0. The van der Waals surface area contributed by atoms with Gasteiger partial charge in [-0.1, -0.05) is 26.0 Å². The van der Waals surface area contributed by atoms with E-state index in [1.165, 1.54) is 16.9 Å². The summed E-state index contributed by atoms with van der Waals surface area (Å²) in [5.41, 5.74) is 1.92. The molecule has 0 unspecified atom stereocenters. The Morgan fingerprint density at radius 1 is 1.37 bits per heavy atom. The summed E-state index contributed by atoms with van der Waals surface area (Å²) in [5, 5.41) is 10.8. The fraction of sp³-hybridized carbons (Fsp3) is 0.267. The number of rotatable bonds is 5. The van der Waals surface area contributed by atoms with Gasteiger partial charge in [-0.3, -0.25) is 0 Å². The lowest BCUT2D eigenvalue weighted by Crippen LogP contribution is -2.02. The number of hydrogen-bond donors (Lipinski definition) is 1. The summed E-state index contributed by atoms with van der Waals surface area (Å²) in [4.78, 5) is 11.3. The van der Waals surface area contributed by atoms with Gasteiger partial charge in [0.1, 0.15) is 17.2 Å². The smallest absolute Gasteiger partial charge is 0.346 e. The van der Waals surface area contributed by atoms with Gasteiger partial charge in [-0.25, -0.2) is 4.79 Å². The first-order chi connectivity index (χ1) is 9.08. The van der Waals surface area contributed by atoms with Crippen molar-refractivity contribution in [3.63, 3.8) is 0 Å². The molecule has 0 aliphatic carbocycles. The Morgan fingerprint density at radius 3 is 2.84 bits per heavy atom. The molecular weight excluding hydrogens is 260 g/mol. The van der Waals surface area contributed by atoms with Gasteiger partial charge in [-0.05, 0) is 35.1 Å². The van der Waals surface area contributed by atoms with Gasteiger partial charge in [0.2, 0.25) is 0 Å². The van der Waals surface area contributed by atoms with Gasteiger partial charge >= 0.3 is 5.97 Å². The number of ether oxygens (including phenoxy) is 1. The van der Waals surface area contributed by atoms with Crippen LogP contribution in [0.15, 0.2) is 35.7 Å². The number of carbonyl (C=O) groups is 1. The van der Waals surface area contributed by atoms with Crippen LogP contribution in [-0.2, 0) is 6.61 Å². The largest absolute Gasteiger partial charge is 0.489 e. The van der Waals surface area contributed by atoms with Gasteiger partial charge in [0.25, 0.3) is 0 Å². The number of benzene rings is 1. The van der Waals surface area contributed by atoms with Crippen molar-refractivity contribution >= 4 is 17.3 Å². The van der Waals surface area contributed by atoms with Crippen LogP contribution in [0.2, 0.25) is 0 Å². The van der Waals surface area contributed by atoms with Crippen LogP contribution < -0.4 is 4.74 Å². The van der Waals surface area contributed by atoms with Crippen molar-refractivity contribution in [2.75, 3.05) is 0 Å². The van der Waals surface area contributed by atoms with E-state index in [9.17, 15) is 4.79 Å². The van der Waals surface area contributed by atoms with E-state index >= 15 is 0 Å². The molecule has 0 saturated carbocycles. The summed E-state index contributed by atoms with van der Waals surface area (Å²) >= 11 is 1.22. The molecule has 0 bridgehead atoms. The molecular formula is C15H16O3S. The third kappa shape index (κ3) is 3.35. The van der Waals surface area contributed by atoms with Crippen LogP contribution in [0.5, 0.6) is 5.75 Å². The average molecular weight is 276 g/mol. The van der Waals surface area contributed by atoms with E-state index in [1.54, 1.807) is 11.4 Å². The van der Waals surface area contributed by atoms with Crippen molar-refractivity contribution < 1.29 is 14.6 Å². The standard InChI is InChI=1S/C15H16O3S/c1-10(2)11-4-3-5-13(8-11)18-9-12-6-7-19-14(12)15(16)17/h3-8,10H,9H2,1-2H3,(H,16,17). The molecule has 19 heavy (non-hydrogen) atoms.